The molecule has 0 aliphatic carbocycles. The van der Waals surface area contributed by atoms with E-state index in [2.05, 4.69) is 15.6 Å². The van der Waals surface area contributed by atoms with Crippen molar-refractivity contribution in [3.63, 3.8) is 0 Å². The Labute approximate surface area is 168 Å². The number of halogens is 1. The van der Waals surface area contributed by atoms with E-state index in [1.165, 1.54) is 12.3 Å². The predicted molar refractivity (Wildman–Crippen MR) is 111 cm³/mol. The second-order valence-corrected chi connectivity index (χ2v) is 6.69. The van der Waals surface area contributed by atoms with Crippen molar-refractivity contribution in [3.8, 4) is 0 Å². The minimum Gasteiger partial charge on any atom is -0.350 e. The summed E-state index contributed by atoms with van der Waals surface area (Å²) in [5, 5.41) is 6.22. The number of hydrogen-bond acceptors (Lipinski definition) is 3. The van der Waals surface area contributed by atoms with Gasteiger partial charge in [0.2, 0.25) is 0 Å². The number of carbonyl (C=O) groups is 2. The van der Waals surface area contributed by atoms with E-state index < -0.39 is 0 Å². The van der Waals surface area contributed by atoms with Crippen LogP contribution in [0, 0.1) is 6.92 Å². The van der Waals surface area contributed by atoms with Gasteiger partial charge in [-0.05, 0) is 48.7 Å². The molecule has 142 valence electrons. The molecule has 1 heterocycles. The Morgan fingerprint density at radius 3 is 2.57 bits per heavy atom. The number of amides is 2. The summed E-state index contributed by atoms with van der Waals surface area (Å²) in [7, 11) is 0. The van der Waals surface area contributed by atoms with Crippen LogP contribution in [-0.2, 0) is 6.42 Å². The third kappa shape index (κ3) is 4.96. The zero-order chi connectivity index (χ0) is 19.9. The maximum Gasteiger partial charge on any atom is 0.269 e. The van der Waals surface area contributed by atoms with Gasteiger partial charge in [0, 0.05) is 29.0 Å². The van der Waals surface area contributed by atoms with Crippen molar-refractivity contribution in [1.82, 2.24) is 10.3 Å². The molecular weight excluding hydrogens is 374 g/mol. The highest BCUT2D eigenvalue weighted by molar-refractivity contribution is 6.31. The molecule has 0 fully saturated rings. The maximum absolute atomic E-state index is 12.5. The number of hydrogen-bond donors (Lipinski definition) is 2. The highest BCUT2D eigenvalue weighted by Crippen LogP contribution is 2.23. The molecule has 0 unspecified atom stereocenters. The van der Waals surface area contributed by atoms with E-state index in [9.17, 15) is 9.59 Å². The Kier molecular flexibility index (Phi) is 6.40. The second-order valence-electron chi connectivity index (χ2n) is 6.29. The number of carbonyl (C=O) groups excluding carboxylic acids is 2. The van der Waals surface area contributed by atoms with Crippen LogP contribution in [0.5, 0.6) is 0 Å². The molecule has 2 amide bonds. The summed E-state index contributed by atoms with van der Waals surface area (Å²) >= 11 is 6.09. The molecule has 3 rings (SSSR count). The van der Waals surface area contributed by atoms with Gasteiger partial charge in [-0.25, -0.2) is 0 Å². The molecule has 0 saturated heterocycles. The van der Waals surface area contributed by atoms with E-state index >= 15 is 0 Å². The van der Waals surface area contributed by atoms with Gasteiger partial charge in [0.25, 0.3) is 11.8 Å². The second kappa shape index (κ2) is 9.15. The fraction of sp³-hybridized carbons (Fsp3) is 0.136. The zero-order valence-corrected chi connectivity index (χ0v) is 16.2. The average Bonchev–Trinajstić information content (AvgIpc) is 2.72. The topological polar surface area (TPSA) is 71.1 Å². The third-order valence-electron chi connectivity index (χ3n) is 4.31. The lowest BCUT2D eigenvalue weighted by atomic mass is 10.1. The molecule has 0 atom stereocenters. The smallest absolute Gasteiger partial charge is 0.269 e. The lowest BCUT2D eigenvalue weighted by molar-refractivity contribution is 0.0949. The number of rotatable bonds is 6. The maximum atomic E-state index is 12.5. The first kappa shape index (κ1) is 19.6. The molecule has 6 heteroatoms. The van der Waals surface area contributed by atoms with E-state index in [4.69, 9.17) is 11.6 Å². The van der Waals surface area contributed by atoms with Crippen LogP contribution in [0.15, 0.2) is 66.9 Å². The third-order valence-corrected chi connectivity index (χ3v) is 4.72. The standard InChI is InChI=1S/C22H20ClN3O2/c1-15-18(23)8-5-9-19(15)26-21(27)17-11-13-24-20(14-17)22(28)25-12-10-16-6-3-2-4-7-16/h2-9,11,13-14H,10,12H2,1H3,(H,25,28)(H,26,27). The van der Waals surface area contributed by atoms with Crippen LogP contribution in [0.25, 0.3) is 0 Å². The van der Waals surface area contributed by atoms with E-state index in [0.717, 1.165) is 17.5 Å². The van der Waals surface area contributed by atoms with Gasteiger partial charge < -0.3 is 10.6 Å². The normalized spacial score (nSPS) is 10.4. The quantitative estimate of drug-likeness (QED) is 0.657. The highest BCUT2D eigenvalue weighted by atomic mass is 35.5. The molecule has 2 aromatic carbocycles. The number of anilines is 1. The van der Waals surface area contributed by atoms with Crippen molar-refractivity contribution >= 4 is 29.1 Å². The molecule has 0 aliphatic rings. The molecule has 0 bridgehead atoms. The number of benzene rings is 2. The Hall–Kier alpha value is -3.18. The molecule has 0 aliphatic heterocycles. The Bertz CT molecular complexity index is 990. The fourth-order valence-corrected chi connectivity index (χ4v) is 2.86. The fourth-order valence-electron chi connectivity index (χ4n) is 2.69. The van der Waals surface area contributed by atoms with Gasteiger partial charge in [0.15, 0.2) is 0 Å². The Morgan fingerprint density at radius 2 is 1.79 bits per heavy atom. The molecule has 0 saturated carbocycles. The van der Waals surface area contributed by atoms with Crippen LogP contribution in [0.2, 0.25) is 5.02 Å². The molecule has 28 heavy (non-hydrogen) atoms. The summed E-state index contributed by atoms with van der Waals surface area (Å²) in [4.78, 5) is 29.0. The van der Waals surface area contributed by atoms with Gasteiger partial charge in [-0.15, -0.1) is 0 Å². The molecule has 5 nitrogen and oxygen atoms in total. The first-order valence-corrected chi connectivity index (χ1v) is 9.27. The van der Waals surface area contributed by atoms with Gasteiger partial charge in [0.05, 0.1) is 0 Å². The van der Waals surface area contributed by atoms with Gasteiger partial charge in [-0.1, -0.05) is 48.0 Å². The average molecular weight is 394 g/mol. The van der Waals surface area contributed by atoms with Crippen molar-refractivity contribution < 1.29 is 9.59 Å². The van der Waals surface area contributed by atoms with Crippen molar-refractivity contribution in [2.45, 2.75) is 13.3 Å². The summed E-state index contributed by atoms with van der Waals surface area (Å²) < 4.78 is 0. The van der Waals surface area contributed by atoms with Gasteiger partial charge >= 0.3 is 0 Å². The van der Waals surface area contributed by atoms with Crippen molar-refractivity contribution in [2.24, 2.45) is 0 Å². The molecule has 1 aromatic heterocycles. The summed E-state index contributed by atoms with van der Waals surface area (Å²) in [6.45, 7) is 2.32. The summed E-state index contributed by atoms with van der Waals surface area (Å²) in [6.07, 6.45) is 2.17. The van der Waals surface area contributed by atoms with Crippen molar-refractivity contribution in [3.05, 3.63) is 94.3 Å². The summed E-state index contributed by atoms with van der Waals surface area (Å²) in [6, 6.07) is 18.2. The molecular formula is C22H20ClN3O2. The summed E-state index contributed by atoms with van der Waals surface area (Å²) in [5.41, 5.74) is 3.10. The number of nitrogens with zero attached hydrogens (tertiary/aromatic N) is 1. The Morgan fingerprint density at radius 1 is 1.00 bits per heavy atom. The molecule has 0 radical (unpaired) electrons. The first-order valence-electron chi connectivity index (χ1n) is 8.89. The van der Waals surface area contributed by atoms with Crippen LogP contribution < -0.4 is 10.6 Å². The molecule has 2 N–H and O–H groups in total. The van der Waals surface area contributed by atoms with Crippen molar-refractivity contribution in [1.29, 1.82) is 0 Å². The lowest BCUT2D eigenvalue weighted by Crippen LogP contribution is -2.27. The van der Waals surface area contributed by atoms with Crippen molar-refractivity contribution in [2.75, 3.05) is 11.9 Å². The highest BCUT2D eigenvalue weighted by Gasteiger charge is 2.13. The van der Waals surface area contributed by atoms with E-state index in [1.807, 2.05) is 37.3 Å². The van der Waals surface area contributed by atoms with Crippen LogP contribution >= 0.6 is 11.6 Å². The first-order chi connectivity index (χ1) is 13.5. The van der Waals surface area contributed by atoms with Gasteiger partial charge in [-0.2, -0.15) is 0 Å². The van der Waals surface area contributed by atoms with Crippen LogP contribution in [0.3, 0.4) is 0 Å². The molecule has 0 spiro atoms. The SMILES string of the molecule is Cc1c(Cl)cccc1NC(=O)c1ccnc(C(=O)NCCc2ccccc2)c1. The van der Waals surface area contributed by atoms with E-state index in [0.29, 0.717) is 22.8 Å². The monoisotopic (exact) mass is 393 g/mol. The number of nitrogens with one attached hydrogen (secondary N) is 2. The Balaban J connectivity index is 1.63. The van der Waals surface area contributed by atoms with Crippen LogP contribution in [0.1, 0.15) is 32.0 Å². The number of aromatic nitrogens is 1. The van der Waals surface area contributed by atoms with Crippen LogP contribution in [0.4, 0.5) is 5.69 Å². The predicted octanol–water partition coefficient (Wildman–Crippen LogP) is 4.27. The van der Waals surface area contributed by atoms with Gasteiger partial charge in [-0.3, -0.25) is 14.6 Å². The summed E-state index contributed by atoms with van der Waals surface area (Å²) in [5.74, 6) is -0.643. The van der Waals surface area contributed by atoms with Crippen LogP contribution in [-0.4, -0.2) is 23.3 Å². The minimum atomic E-state index is -0.328. The minimum absolute atomic E-state index is 0.198. The molecule has 3 aromatic rings. The largest absolute Gasteiger partial charge is 0.350 e. The van der Waals surface area contributed by atoms with Gasteiger partial charge in [0.1, 0.15) is 5.69 Å². The number of pyridine rings is 1. The van der Waals surface area contributed by atoms with E-state index in [1.54, 1.807) is 24.3 Å². The van der Waals surface area contributed by atoms with E-state index in [-0.39, 0.29) is 17.5 Å². The zero-order valence-electron chi connectivity index (χ0n) is 15.4. The lowest BCUT2D eigenvalue weighted by Gasteiger charge is -2.10.